The number of aromatic nitrogens is 2. The Morgan fingerprint density at radius 1 is 1.53 bits per heavy atom. The summed E-state index contributed by atoms with van der Waals surface area (Å²) in [5.41, 5.74) is 5.65. The zero-order valence-corrected chi connectivity index (χ0v) is 9.54. The summed E-state index contributed by atoms with van der Waals surface area (Å²) in [4.78, 5) is 10.3. The first-order chi connectivity index (χ1) is 7.18. The number of nitrogens with two attached hydrogens (primary N) is 1. The first kappa shape index (κ1) is 10.5. The van der Waals surface area contributed by atoms with Crippen LogP contribution in [-0.4, -0.2) is 23.1 Å². The van der Waals surface area contributed by atoms with Crippen molar-refractivity contribution in [1.29, 1.82) is 0 Å². The van der Waals surface area contributed by atoms with Gasteiger partial charge in [0.15, 0.2) is 5.82 Å². The van der Waals surface area contributed by atoms with Gasteiger partial charge in [0, 0.05) is 13.1 Å². The Bertz CT molecular complexity index is 355. The van der Waals surface area contributed by atoms with Gasteiger partial charge in [0.2, 0.25) is 0 Å². The van der Waals surface area contributed by atoms with E-state index in [1.54, 1.807) is 0 Å². The van der Waals surface area contributed by atoms with Crippen molar-refractivity contribution in [1.82, 2.24) is 9.97 Å². The molecule has 1 atom stereocenters. The van der Waals surface area contributed by atoms with Crippen LogP contribution in [-0.2, 0) is 0 Å². The number of nitrogens with zero attached hydrogens (tertiary/aromatic N) is 3. The molecule has 1 unspecified atom stereocenters. The van der Waals surface area contributed by atoms with Crippen LogP contribution in [0.4, 0.5) is 11.6 Å². The van der Waals surface area contributed by atoms with Gasteiger partial charge in [-0.3, -0.25) is 0 Å². The third kappa shape index (κ3) is 2.15. The lowest BCUT2D eigenvalue weighted by molar-refractivity contribution is 0.444. The van der Waals surface area contributed by atoms with Crippen LogP contribution in [0.2, 0.25) is 5.02 Å². The molecule has 0 aliphatic carbocycles. The van der Waals surface area contributed by atoms with Crippen molar-refractivity contribution in [3.8, 4) is 0 Å². The molecule has 1 aliphatic heterocycles. The van der Waals surface area contributed by atoms with Crippen LogP contribution in [0, 0.1) is 5.92 Å². The average molecular weight is 227 g/mol. The second-order valence-electron chi connectivity index (χ2n) is 4.09. The van der Waals surface area contributed by atoms with Crippen LogP contribution in [0.3, 0.4) is 0 Å². The van der Waals surface area contributed by atoms with Gasteiger partial charge in [0.05, 0.1) is 0 Å². The minimum Gasteiger partial charge on any atom is -0.382 e. The smallest absolute Gasteiger partial charge is 0.153 e. The lowest BCUT2D eigenvalue weighted by Gasteiger charge is -2.32. The van der Waals surface area contributed by atoms with Gasteiger partial charge in [0.25, 0.3) is 0 Å². The largest absolute Gasteiger partial charge is 0.382 e. The molecule has 0 saturated carbocycles. The van der Waals surface area contributed by atoms with Crippen molar-refractivity contribution in [2.45, 2.75) is 19.8 Å². The van der Waals surface area contributed by atoms with E-state index in [4.69, 9.17) is 17.3 Å². The third-order valence-corrected chi connectivity index (χ3v) is 3.12. The van der Waals surface area contributed by atoms with Crippen LogP contribution in [0.1, 0.15) is 19.8 Å². The predicted octanol–water partition coefficient (Wildman–Crippen LogP) is 1.95. The molecule has 5 heteroatoms. The highest BCUT2D eigenvalue weighted by atomic mass is 35.5. The van der Waals surface area contributed by atoms with Crippen molar-refractivity contribution in [3.05, 3.63) is 11.3 Å². The first-order valence-corrected chi connectivity index (χ1v) is 5.57. The molecule has 1 saturated heterocycles. The zero-order chi connectivity index (χ0) is 10.8. The van der Waals surface area contributed by atoms with Crippen LogP contribution in [0.5, 0.6) is 0 Å². The molecule has 15 heavy (non-hydrogen) atoms. The van der Waals surface area contributed by atoms with Crippen LogP contribution in [0.15, 0.2) is 6.33 Å². The fourth-order valence-electron chi connectivity index (χ4n) is 1.98. The van der Waals surface area contributed by atoms with E-state index in [1.807, 2.05) is 0 Å². The fraction of sp³-hybridized carbons (Fsp3) is 0.600. The van der Waals surface area contributed by atoms with Gasteiger partial charge in [-0.15, -0.1) is 0 Å². The molecular weight excluding hydrogens is 212 g/mol. The molecule has 0 aromatic carbocycles. The van der Waals surface area contributed by atoms with Gasteiger partial charge in [-0.2, -0.15) is 0 Å². The Kier molecular flexibility index (Phi) is 2.95. The summed E-state index contributed by atoms with van der Waals surface area (Å²) in [6, 6.07) is 0. The summed E-state index contributed by atoms with van der Waals surface area (Å²) in [6.45, 7) is 4.24. The first-order valence-electron chi connectivity index (χ1n) is 5.19. The minimum absolute atomic E-state index is 0.361. The van der Waals surface area contributed by atoms with Crippen molar-refractivity contribution in [2.75, 3.05) is 23.7 Å². The SMILES string of the molecule is CC1CCCN(c2ncnc(N)c2Cl)C1. The number of hydrogen-bond donors (Lipinski definition) is 1. The number of hydrogen-bond acceptors (Lipinski definition) is 4. The standard InChI is InChI=1S/C10H15ClN4/c1-7-3-2-4-15(5-7)10-8(11)9(12)13-6-14-10/h6-7H,2-5H2,1H3,(H2,12,13,14). The zero-order valence-electron chi connectivity index (χ0n) is 8.78. The number of rotatable bonds is 1. The number of anilines is 2. The summed E-state index contributed by atoms with van der Waals surface area (Å²) in [5.74, 6) is 1.82. The molecule has 0 amide bonds. The Labute approximate surface area is 94.5 Å². The molecule has 0 radical (unpaired) electrons. The minimum atomic E-state index is 0.361. The van der Waals surface area contributed by atoms with E-state index in [9.17, 15) is 0 Å². The van der Waals surface area contributed by atoms with Crippen LogP contribution in [0.25, 0.3) is 0 Å². The molecular formula is C10H15ClN4. The summed E-state index contributed by atoms with van der Waals surface area (Å²) in [7, 11) is 0. The van der Waals surface area contributed by atoms with E-state index in [1.165, 1.54) is 19.2 Å². The van der Waals surface area contributed by atoms with E-state index in [0.717, 1.165) is 18.9 Å². The molecule has 2 rings (SSSR count). The van der Waals surface area contributed by atoms with Crippen molar-refractivity contribution >= 4 is 23.2 Å². The Hall–Kier alpha value is -1.03. The highest BCUT2D eigenvalue weighted by Gasteiger charge is 2.20. The van der Waals surface area contributed by atoms with Crippen LogP contribution >= 0.6 is 11.6 Å². The van der Waals surface area contributed by atoms with Crippen molar-refractivity contribution in [2.24, 2.45) is 5.92 Å². The second kappa shape index (κ2) is 4.23. The summed E-state index contributed by atoms with van der Waals surface area (Å²) >= 11 is 6.08. The Morgan fingerprint density at radius 3 is 3.07 bits per heavy atom. The number of halogens is 1. The molecule has 1 aromatic heterocycles. The summed E-state index contributed by atoms with van der Waals surface area (Å²) < 4.78 is 0. The maximum atomic E-state index is 6.08. The van der Waals surface area contributed by atoms with Gasteiger partial charge in [-0.05, 0) is 18.8 Å². The third-order valence-electron chi connectivity index (χ3n) is 2.75. The van der Waals surface area contributed by atoms with E-state index >= 15 is 0 Å². The Morgan fingerprint density at radius 2 is 2.33 bits per heavy atom. The van der Waals surface area contributed by atoms with E-state index in [-0.39, 0.29) is 0 Å². The highest BCUT2D eigenvalue weighted by molar-refractivity contribution is 6.35. The maximum Gasteiger partial charge on any atom is 0.153 e. The normalized spacial score (nSPS) is 21.7. The van der Waals surface area contributed by atoms with E-state index < -0.39 is 0 Å². The lowest BCUT2D eigenvalue weighted by atomic mass is 10.0. The quantitative estimate of drug-likeness (QED) is 0.795. The summed E-state index contributed by atoms with van der Waals surface area (Å²) in [6.07, 6.45) is 3.92. The monoisotopic (exact) mass is 226 g/mol. The van der Waals surface area contributed by atoms with E-state index in [0.29, 0.717) is 16.8 Å². The van der Waals surface area contributed by atoms with Gasteiger partial charge < -0.3 is 10.6 Å². The summed E-state index contributed by atoms with van der Waals surface area (Å²) in [5, 5.41) is 0.478. The van der Waals surface area contributed by atoms with Gasteiger partial charge >= 0.3 is 0 Å². The van der Waals surface area contributed by atoms with Crippen molar-refractivity contribution < 1.29 is 0 Å². The molecule has 2 heterocycles. The molecule has 1 aliphatic rings. The molecule has 1 fully saturated rings. The molecule has 1 aromatic rings. The molecule has 0 bridgehead atoms. The molecule has 82 valence electrons. The second-order valence-corrected chi connectivity index (χ2v) is 4.47. The van der Waals surface area contributed by atoms with Gasteiger partial charge in [0.1, 0.15) is 17.2 Å². The number of piperidine rings is 1. The van der Waals surface area contributed by atoms with Gasteiger partial charge in [-0.1, -0.05) is 18.5 Å². The van der Waals surface area contributed by atoms with Crippen molar-refractivity contribution in [3.63, 3.8) is 0 Å². The lowest BCUT2D eigenvalue weighted by Crippen LogP contribution is -2.35. The van der Waals surface area contributed by atoms with Gasteiger partial charge in [-0.25, -0.2) is 9.97 Å². The fourth-order valence-corrected chi connectivity index (χ4v) is 2.19. The molecule has 0 spiro atoms. The van der Waals surface area contributed by atoms with E-state index in [2.05, 4.69) is 21.8 Å². The topological polar surface area (TPSA) is 55.0 Å². The predicted molar refractivity (Wildman–Crippen MR) is 62.1 cm³/mol. The number of nitrogen functional groups attached to an aromatic ring is 1. The highest BCUT2D eigenvalue weighted by Crippen LogP contribution is 2.29. The molecule has 4 nitrogen and oxygen atoms in total. The Balaban J connectivity index is 2.24. The van der Waals surface area contributed by atoms with Crippen LogP contribution < -0.4 is 10.6 Å². The maximum absolute atomic E-state index is 6.08. The average Bonchev–Trinajstić information content (AvgIpc) is 2.22. The molecule has 2 N–H and O–H groups in total.